The lowest BCUT2D eigenvalue weighted by Gasteiger charge is -2.08. The zero-order valence-electron chi connectivity index (χ0n) is 9.91. The summed E-state index contributed by atoms with van der Waals surface area (Å²) in [6.45, 7) is 2.47. The van der Waals surface area contributed by atoms with Gasteiger partial charge in [0.05, 0.1) is 5.69 Å². The first-order valence-electron chi connectivity index (χ1n) is 5.46. The van der Waals surface area contributed by atoms with E-state index in [1.807, 2.05) is 6.92 Å². The van der Waals surface area contributed by atoms with Crippen molar-refractivity contribution in [1.29, 1.82) is 0 Å². The van der Waals surface area contributed by atoms with Crippen LogP contribution in [0.1, 0.15) is 6.92 Å². The second-order valence-corrected chi connectivity index (χ2v) is 3.87. The van der Waals surface area contributed by atoms with Gasteiger partial charge in [-0.15, -0.1) is 0 Å². The van der Waals surface area contributed by atoms with Crippen LogP contribution in [0.2, 0.25) is 5.28 Å². The largest absolute Gasteiger partial charge is 0.354 e. The van der Waals surface area contributed by atoms with Gasteiger partial charge >= 0.3 is 0 Å². The summed E-state index contributed by atoms with van der Waals surface area (Å²) in [5, 5.41) is 5.44. The number of nitrogens with one attached hydrogen (secondary N) is 2. The molecule has 1 aromatic carbocycles. The Morgan fingerprint density at radius 1 is 1.16 bits per heavy atom. The highest BCUT2D eigenvalue weighted by Gasteiger charge is 2.08. The van der Waals surface area contributed by atoms with Gasteiger partial charge in [0.2, 0.25) is 17.2 Å². The van der Waals surface area contributed by atoms with Crippen LogP contribution in [0.25, 0.3) is 0 Å². The van der Waals surface area contributed by atoms with Crippen molar-refractivity contribution >= 4 is 29.2 Å². The molecule has 0 saturated heterocycles. The van der Waals surface area contributed by atoms with Gasteiger partial charge in [0.15, 0.2) is 0 Å². The fourth-order valence-corrected chi connectivity index (χ4v) is 1.51. The maximum absolute atomic E-state index is 13.5. The zero-order chi connectivity index (χ0) is 13.8. The van der Waals surface area contributed by atoms with Crippen LogP contribution in [0.5, 0.6) is 0 Å². The van der Waals surface area contributed by atoms with E-state index in [1.54, 1.807) is 0 Å². The summed E-state index contributed by atoms with van der Waals surface area (Å²) >= 11 is 5.72. The Kier molecular flexibility index (Phi) is 4.06. The number of hydrogen-bond donors (Lipinski definition) is 2. The minimum atomic E-state index is -0.749. The van der Waals surface area contributed by atoms with Crippen LogP contribution in [0.4, 0.5) is 26.4 Å². The molecule has 100 valence electrons. The van der Waals surface area contributed by atoms with E-state index in [2.05, 4.69) is 25.6 Å². The summed E-state index contributed by atoms with van der Waals surface area (Å²) in [5.74, 6) is -1.07. The molecule has 2 rings (SSSR count). The molecule has 0 spiro atoms. The molecule has 0 saturated carbocycles. The Labute approximate surface area is 113 Å². The highest BCUT2D eigenvalue weighted by atomic mass is 35.5. The monoisotopic (exact) mass is 285 g/mol. The normalized spacial score (nSPS) is 10.3. The molecule has 1 aromatic heterocycles. The predicted octanol–water partition coefficient (Wildman–Crippen LogP) is 2.98. The maximum Gasteiger partial charge on any atom is 0.233 e. The summed E-state index contributed by atoms with van der Waals surface area (Å²) in [6.07, 6.45) is 0. The molecule has 0 aliphatic rings. The van der Waals surface area contributed by atoms with Gasteiger partial charge in [-0.25, -0.2) is 8.78 Å². The lowest BCUT2D eigenvalue weighted by atomic mass is 10.3. The third-order valence-electron chi connectivity index (χ3n) is 2.12. The lowest BCUT2D eigenvalue weighted by molar-refractivity contribution is 0.586. The van der Waals surface area contributed by atoms with Gasteiger partial charge in [-0.05, 0) is 30.7 Å². The van der Waals surface area contributed by atoms with Crippen molar-refractivity contribution in [2.24, 2.45) is 0 Å². The van der Waals surface area contributed by atoms with Crippen molar-refractivity contribution in [1.82, 2.24) is 15.0 Å². The van der Waals surface area contributed by atoms with E-state index in [1.165, 1.54) is 6.07 Å². The molecular formula is C11H10ClF2N5. The topological polar surface area (TPSA) is 62.7 Å². The van der Waals surface area contributed by atoms with E-state index in [0.29, 0.717) is 6.54 Å². The van der Waals surface area contributed by atoms with Crippen molar-refractivity contribution in [2.75, 3.05) is 17.2 Å². The number of rotatable bonds is 4. The molecule has 19 heavy (non-hydrogen) atoms. The van der Waals surface area contributed by atoms with E-state index >= 15 is 0 Å². The number of halogens is 3. The molecule has 1 heterocycles. The molecule has 0 atom stereocenters. The van der Waals surface area contributed by atoms with E-state index in [-0.39, 0.29) is 22.9 Å². The first-order chi connectivity index (χ1) is 9.08. The van der Waals surface area contributed by atoms with Crippen LogP contribution in [0, 0.1) is 11.6 Å². The third-order valence-corrected chi connectivity index (χ3v) is 2.29. The van der Waals surface area contributed by atoms with E-state index in [4.69, 9.17) is 11.6 Å². The average Bonchev–Trinajstić information content (AvgIpc) is 2.32. The minimum absolute atomic E-state index is 0.0315. The summed E-state index contributed by atoms with van der Waals surface area (Å²) in [7, 11) is 0. The highest BCUT2D eigenvalue weighted by molar-refractivity contribution is 6.28. The standard InChI is InChI=1S/C11H10ClF2N5/c1-2-15-10-17-9(12)18-11(19-10)16-8-4-3-6(13)5-7(8)14/h3-5H,2H2,1H3,(H2,15,16,17,18,19). The van der Waals surface area contributed by atoms with Gasteiger partial charge in [0.25, 0.3) is 0 Å². The van der Waals surface area contributed by atoms with Gasteiger partial charge in [-0.3, -0.25) is 0 Å². The number of benzene rings is 1. The van der Waals surface area contributed by atoms with Gasteiger partial charge in [0.1, 0.15) is 11.6 Å². The van der Waals surface area contributed by atoms with E-state index < -0.39 is 11.6 Å². The first-order valence-corrected chi connectivity index (χ1v) is 5.84. The van der Waals surface area contributed by atoms with Crippen LogP contribution in [0.15, 0.2) is 18.2 Å². The van der Waals surface area contributed by atoms with Crippen molar-refractivity contribution in [3.05, 3.63) is 35.1 Å². The van der Waals surface area contributed by atoms with Crippen LogP contribution < -0.4 is 10.6 Å². The summed E-state index contributed by atoms with van der Waals surface area (Å²) in [6, 6.07) is 3.13. The highest BCUT2D eigenvalue weighted by Crippen LogP contribution is 2.19. The summed E-state index contributed by atoms with van der Waals surface area (Å²) in [5.41, 5.74) is 0.0473. The zero-order valence-corrected chi connectivity index (χ0v) is 10.7. The number of aromatic nitrogens is 3. The molecule has 5 nitrogen and oxygen atoms in total. The fraction of sp³-hybridized carbons (Fsp3) is 0.182. The van der Waals surface area contributed by atoms with Crippen LogP contribution in [0.3, 0.4) is 0 Å². The molecule has 0 unspecified atom stereocenters. The van der Waals surface area contributed by atoms with Gasteiger partial charge in [-0.1, -0.05) is 0 Å². The first kappa shape index (κ1) is 13.4. The van der Waals surface area contributed by atoms with E-state index in [9.17, 15) is 8.78 Å². The molecule has 0 bridgehead atoms. The fourth-order valence-electron chi connectivity index (χ4n) is 1.35. The minimum Gasteiger partial charge on any atom is -0.354 e. The Morgan fingerprint density at radius 2 is 1.89 bits per heavy atom. The number of hydrogen-bond acceptors (Lipinski definition) is 5. The summed E-state index contributed by atoms with van der Waals surface area (Å²) < 4.78 is 26.2. The second kappa shape index (κ2) is 5.75. The number of anilines is 3. The number of nitrogens with zero attached hydrogens (tertiary/aromatic N) is 3. The maximum atomic E-state index is 13.5. The van der Waals surface area contributed by atoms with Gasteiger partial charge in [-0.2, -0.15) is 15.0 Å². The molecule has 0 aliphatic carbocycles. The van der Waals surface area contributed by atoms with Crippen LogP contribution in [-0.2, 0) is 0 Å². The Hall–Kier alpha value is -2.02. The third kappa shape index (κ3) is 3.47. The average molecular weight is 286 g/mol. The molecule has 8 heteroatoms. The Morgan fingerprint density at radius 3 is 2.58 bits per heavy atom. The SMILES string of the molecule is CCNc1nc(Cl)nc(Nc2ccc(F)cc2F)n1. The van der Waals surface area contributed by atoms with E-state index in [0.717, 1.165) is 12.1 Å². The van der Waals surface area contributed by atoms with Crippen molar-refractivity contribution in [3.63, 3.8) is 0 Å². The smallest absolute Gasteiger partial charge is 0.233 e. The second-order valence-electron chi connectivity index (χ2n) is 3.53. The Balaban J connectivity index is 2.27. The van der Waals surface area contributed by atoms with Gasteiger partial charge < -0.3 is 10.6 Å². The Bertz CT molecular complexity index is 593. The summed E-state index contributed by atoms with van der Waals surface area (Å²) in [4.78, 5) is 11.6. The van der Waals surface area contributed by atoms with Crippen molar-refractivity contribution in [3.8, 4) is 0 Å². The molecular weight excluding hydrogens is 276 g/mol. The molecule has 0 amide bonds. The van der Waals surface area contributed by atoms with Crippen LogP contribution in [-0.4, -0.2) is 21.5 Å². The molecule has 0 radical (unpaired) electrons. The van der Waals surface area contributed by atoms with Crippen molar-refractivity contribution < 1.29 is 8.78 Å². The quantitative estimate of drug-likeness (QED) is 0.904. The van der Waals surface area contributed by atoms with Crippen LogP contribution >= 0.6 is 11.6 Å². The molecule has 0 aliphatic heterocycles. The van der Waals surface area contributed by atoms with Crippen molar-refractivity contribution in [2.45, 2.75) is 6.92 Å². The molecule has 2 N–H and O–H groups in total. The molecule has 2 aromatic rings. The predicted molar refractivity (Wildman–Crippen MR) is 68.6 cm³/mol. The van der Waals surface area contributed by atoms with Gasteiger partial charge in [0, 0.05) is 12.6 Å². The molecule has 0 fully saturated rings. The lowest BCUT2D eigenvalue weighted by Crippen LogP contribution is -2.07.